The number of phenolic OH excluding ortho intramolecular Hbond substituents is 1. The lowest BCUT2D eigenvalue weighted by molar-refractivity contribution is -0.0265. The fourth-order valence-electron chi connectivity index (χ4n) is 3.68. The smallest absolute Gasteiger partial charge is 0.140 e. The Morgan fingerprint density at radius 1 is 1.00 bits per heavy atom. The molecule has 2 aromatic carbocycles. The second-order valence-corrected chi connectivity index (χ2v) is 7.39. The van der Waals surface area contributed by atoms with Gasteiger partial charge in [-0.05, 0) is 30.5 Å². The summed E-state index contributed by atoms with van der Waals surface area (Å²) in [6.45, 7) is 2.41. The Labute approximate surface area is 158 Å². The number of rotatable bonds is 5. The van der Waals surface area contributed by atoms with Gasteiger partial charge in [0.15, 0.2) is 0 Å². The van der Waals surface area contributed by atoms with Crippen molar-refractivity contribution >= 4 is 0 Å². The molecule has 2 N–H and O–H groups in total. The largest absolute Gasteiger partial charge is 0.508 e. The minimum absolute atomic E-state index is 0.292. The molecule has 5 heteroatoms. The molecule has 0 radical (unpaired) electrons. The minimum atomic E-state index is -0.761. The van der Waals surface area contributed by atoms with Crippen LogP contribution in [-0.4, -0.2) is 39.0 Å². The standard InChI is InChI=1S/C22H24N2O3/c25-19-8-4-5-17(13-19)16-24-11-9-22(26,10-12-24)15-20-14-21(23-27-20)18-6-2-1-3-7-18/h1-8,13-14,25-26H,9-12,15-16H2. The van der Waals surface area contributed by atoms with Gasteiger partial charge in [-0.2, -0.15) is 0 Å². The van der Waals surface area contributed by atoms with Crippen molar-refractivity contribution in [1.29, 1.82) is 0 Å². The quantitative estimate of drug-likeness (QED) is 0.724. The molecule has 0 saturated carbocycles. The third-order valence-corrected chi connectivity index (χ3v) is 5.24. The van der Waals surface area contributed by atoms with Crippen molar-refractivity contribution in [1.82, 2.24) is 10.1 Å². The fourth-order valence-corrected chi connectivity index (χ4v) is 3.68. The molecular weight excluding hydrogens is 340 g/mol. The van der Waals surface area contributed by atoms with E-state index in [-0.39, 0.29) is 0 Å². The minimum Gasteiger partial charge on any atom is -0.508 e. The maximum atomic E-state index is 11.0. The fraction of sp³-hybridized carbons (Fsp3) is 0.318. The molecule has 0 unspecified atom stereocenters. The first-order chi connectivity index (χ1) is 13.1. The monoisotopic (exact) mass is 364 g/mol. The molecule has 1 aliphatic rings. The normalized spacial score (nSPS) is 17.1. The van der Waals surface area contributed by atoms with E-state index < -0.39 is 5.60 Å². The van der Waals surface area contributed by atoms with Gasteiger partial charge in [-0.15, -0.1) is 0 Å². The first kappa shape index (κ1) is 17.8. The topological polar surface area (TPSA) is 69.7 Å². The van der Waals surface area contributed by atoms with Crippen LogP contribution in [0, 0.1) is 0 Å². The molecule has 1 saturated heterocycles. The molecular formula is C22H24N2O3. The number of nitrogens with zero attached hydrogens (tertiary/aromatic N) is 2. The molecule has 1 fully saturated rings. The highest BCUT2D eigenvalue weighted by molar-refractivity contribution is 5.58. The van der Waals surface area contributed by atoms with Gasteiger partial charge in [0.25, 0.3) is 0 Å². The molecule has 27 heavy (non-hydrogen) atoms. The van der Waals surface area contributed by atoms with Gasteiger partial charge in [-0.1, -0.05) is 47.6 Å². The predicted molar refractivity (Wildman–Crippen MR) is 103 cm³/mol. The second kappa shape index (κ2) is 7.55. The number of aromatic nitrogens is 1. The van der Waals surface area contributed by atoms with Gasteiger partial charge in [0.05, 0.1) is 5.60 Å². The summed E-state index contributed by atoms with van der Waals surface area (Å²) in [4.78, 5) is 2.30. The van der Waals surface area contributed by atoms with Crippen LogP contribution in [0.4, 0.5) is 0 Å². The van der Waals surface area contributed by atoms with Crippen LogP contribution >= 0.6 is 0 Å². The number of aromatic hydroxyl groups is 1. The zero-order valence-corrected chi connectivity index (χ0v) is 15.2. The van der Waals surface area contributed by atoms with E-state index in [1.807, 2.05) is 48.5 Å². The van der Waals surface area contributed by atoms with Gasteiger partial charge >= 0.3 is 0 Å². The highest BCUT2D eigenvalue weighted by atomic mass is 16.5. The van der Waals surface area contributed by atoms with Crippen LogP contribution in [0.5, 0.6) is 5.75 Å². The van der Waals surface area contributed by atoms with Gasteiger partial charge < -0.3 is 14.7 Å². The summed E-state index contributed by atoms with van der Waals surface area (Å²) in [7, 11) is 0. The highest BCUT2D eigenvalue weighted by Crippen LogP contribution is 2.29. The number of hydrogen-bond donors (Lipinski definition) is 2. The van der Waals surface area contributed by atoms with E-state index in [9.17, 15) is 10.2 Å². The van der Waals surface area contributed by atoms with Crippen molar-refractivity contribution in [3.05, 3.63) is 72.0 Å². The van der Waals surface area contributed by atoms with Crippen LogP contribution in [0.1, 0.15) is 24.2 Å². The zero-order valence-electron chi connectivity index (χ0n) is 15.2. The van der Waals surface area contributed by atoms with E-state index in [1.165, 1.54) is 0 Å². The lowest BCUT2D eigenvalue weighted by atomic mass is 9.87. The number of phenols is 1. The first-order valence-electron chi connectivity index (χ1n) is 9.33. The van der Waals surface area contributed by atoms with E-state index in [2.05, 4.69) is 10.1 Å². The Morgan fingerprint density at radius 3 is 2.52 bits per heavy atom. The lowest BCUT2D eigenvalue weighted by Crippen LogP contribution is -2.45. The van der Waals surface area contributed by atoms with Crippen molar-refractivity contribution in [3.63, 3.8) is 0 Å². The average molecular weight is 364 g/mol. The molecule has 3 aromatic rings. The SMILES string of the molecule is Oc1cccc(CN2CCC(O)(Cc3cc(-c4ccccc4)no3)CC2)c1. The number of hydrogen-bond acceptors (Lipinski definition) is 5. The van der Waals surface area contributed by atoms with E-state index in [1.54, 1.807) is 12.1 Å². The molecule has 0 spiro atoms. The molecule has 2 heterocycles. The lowest BCUT2D eigenvalue weighted by Gasteiger charge is -2.37. The van der Waals surface area contributed by atoms with E-state index >= 15 is 0 Å². The molecule has 5 nitrogen and oxygen atoms in total. The molecule has 0 aliphatic carbocycles. The third kappa shape index (κ3) is 4.38. The van der Waals surface area contributed by atoms with Gasteiger partial charge in [0, 0.05) is 37.7 Å². The Hall–Kier alpha value is -2.63. The molecule has 0 amide bonds. The van der Waals surface area contributed by atoms with Crippen molar-refractivity contribution < 1.29 is 14.7 Å². The number of benzene rings is 2. The maximum absolute atomic E-state index is 11.0. The van der Waals surface area contributed by atoms with Gasteiger partial charge in [-0.3, -0.25) is 4.90 Å². The predicted octanol–water partition coefficient (Wildman–Crippen LogP) is 3.62. The summed E-state index contributed by atoms with van der Waals surface area (Å²) in [5.41, 5.74) is 2.14. The summed E-state index contributed by atoms with van der Waals surface area (Å²) in [5.74, 6) is 1.01. The Balaban J connectivity index is 1.35. The molecule has 0 atom stereocenters. The molecule has 4 rings (SSSR count). The first-order valence-corrected chi connectivity index (χ1v) is 9.33. The van der Waals surface area contributed by atoms with Gasteiger partial charge in [0.2, 0.25) is 0 Å². The van der Waals surface area contributed by atoms with Crippen LogP contribution in [0.15, 0.2) is 65.2 Å². The average Bonchev–Trinajstić information content (AvgIpc) is 3.13. The van der Waals surface area contributed by atoms with Crippen LogP contribution in [0.25, 0.3) is 11.3 Å². The van der Waals surface area contributed by atoms with Crippen LogP contribution in [0.3, 0.4) is 0 Å². The van der Waals surface area contributed by atoms with E-state index in [0.29, 0.717) is 25.0 Å². The van der Waals surface area contributed by atoms with Crippen molar-refractivity contribution in [2.75, 3.05) is 13.1 Å². The molecule has 1 aliphatic heterocycles. The van der Waals surface area contributed by atoms with Gasteiger partial charge in [-0.25, -0.2) is 0 Å². The molecule has 0 bridgehead atoms. The summed E-state index contributed by atoms with van der Waals surface area (Å²) in [5, 5.41) is 24.7. The van der Waals surface area contributed by atoms with Crippen molar-refractivity contribution in [2.24, 2.45) is 0 Å². The Kier molecular flexibility index (Phi) is 4.97. The zero-order chi connectivity index (χ0) is 18.7. The summed E-state index contributed by atoms with van der Waals surface area (Å²) < 4.78 is 5.47. The van der Waals surface area contributed by atoms with Crippen LogP contribution < -0.4 is 0 Å². The third-order valence-electron chi connectivity index (χ3n) is 5.24. The maximum Gasteiger partial charge on any atom is 0.140 e. The Bertz CT molecular complexity index is 883. The van der Waals surface area contributed by atoms with E-state index in [0.717, 1.165) is 42.2 Å². The molecule has 1 aromatic heterocycles. The summed E-state index contributed by atoms with van der Waals surface area (Å²) in [6.07, 6.45) is 1.85. The summed E-state index contributed by atoms with van der Waals surface area (Å²) in [6, 6.07) is 19.2. The summed E-state index contributed by atoms with van der Waals surface area (Å²) >= 11 is 0. The number of aliphatic hydroxyl groups is 1. The molecule has 140 valence electrons. The number of piperidine rings is 1. The van der Waals surface area contributed by atoms with Crippen LogP contribution in [-0.2, 0) is 13.0 Å². The second-order valence-electron chi connectivity index (χ2n) is 7.39. The van der Waals surface area contributed by atoms with Crippen molar-refractivity contribution in [2.45, 2.75) is 31.4 Å². The van der Waals surface area contributed by atoms with Crippen molar-refractivity contribution in [3.8, 4) is 17.0 Å². The van der Waals surface area contributed by atoms with E-state index in [4.69, 9.17) is 4.52 Å². The van der Waals surface area contributed by atoms with Crippen LogP contribution in [0.2, 0.25) is 0 Å². The number of likely N-dealkylation sites (tertiary alicyclic amines) is 1. The highest BCUT2D eigenvalue weighted by Gasteiger charge is 2.33. The van der Waals surface area contributed by atoms with Gasteiger partial charge in [0.1, 0.15) is 17.2 Å². The Morgan fingerprint density at radius 2 is 1.78 bits per heavy atom.